The fourth-order valence-corrected chi connectivity index (χ4v) is 5.78. The minimum absolute atomic E-state index is 0.151. The summed E-state index contributed by atoms with van der Waals surface area (Å²) in [5.74, 6) is -1.53. The van der Waals surface area contributed by atoms with Crippen LogP contribution in [0.2, 0.25) is 0 Å². The quantitative estimate of drug-likeness (QED) is 0.192. The Morgan fingerprint density at radius 1 is 1.00 bits per heavy atom. The molecule has 0 saturated heterocycles. The Kier molecular flexibility index (Phi) is 7.61. The van der Waals surface area contributed by atoms with Gasteiger partial charge in [-0.15, -0.1) is 4.73 Å². The molecule has 1 unspecified atom stereocenters. The van der Waals surface area contributed by atoms with Crippen molar-refractivity contribution in [1.82, 2.24) is 4.73 Å². The van der Waals surface area contributed by atoms with Gasteiger partial charge >= 0.3 is 5.97 Å². The molecule has 0 fully saturated rings. The van der Waals surface area contributed by atoms with Gasteiger partial charge in [-0.3, -0.25) is 4.55 Å². The SMILES string of the molecule is CC1=[N+](CCCS(=O)(=O)O)c2ccc3ccccc3c2C1(C)CCCCCC(=O)On1c(O)ccc1O. The third-order valence-corrected chi connectivity index (χ3v) is 8.09. The lowest BCUT2D eigenvalue weighted by Crippen LogP contribution is -2.31. The van der Waals surface area contributed by atoms with E-state index in [9.17, 15) is 28.0 Å². The first-order valence-electron chi connectivity index (χ1n) is 12.4. The second-order valence-electron chi connectivity index (χ2n) is 9.76. The molecule has 0 amide bonds. The standard InChI is InChI=1S/C27H32N2O7S/c1-19-27(2,16-7-3-4-11-25(32)36-29-23(30)14-15-24(29)31)26-21-10-6-5-9-20(21)12-13-22(26)28(19)17-8-18-37(33,34)35/h5-6,9-10,12-15H,3-4,7-8,11,16-18H2,1-2H3,(H2-,30,31,33,34,35)/p+1. The van der Waals surface area contributed by atoms with Gasteiger partial charge in [-0.1, -0.05) is 37.1 Å². The summed E-state index contributed by atoms with van der Waals surface area (Å²) in [7, 11) is -4.03. The molecule has 10 heteroatoms. The number of aromatic hydroxyl groups is 2. The second kappa shape index (κ2) is 10.5. The Morgan fingerprint density at radius 3 is 2.41 bits per heavy atom. The van der Waals surface area contributed by atoms with Crippen LogP contribution >= 0.6 is 0 Å². The van der Waals surface area contributed by atoms with E-state index in [2.05, 4.69) is 42.7 Å². The Balaban J connectivity index is 1.46. The molecule has 0 spiro atoms. The van der Waals surface area contributed by atoms with Gasteiger partial charge in [-0.25, -0.2) is 4.79 Å². The molecule has 0 radical (unpaired) electrons. The zero-order valence-corrected chi connectivity index (χ0v) is 21.9. The van der Waals surface area contributed by atoms with E-state index < -0.39 is 16.1 Å². The highest BCUT2D eigenvalue weighted by Crippen LogP contribution is 2.46. The van der Waals surface area contributed by atoms with Gasteiger partial charge in [-0.2, -0.15) is 13.0 Å². The average Bonchev–Trinajstić information content (AvgIpc) is 3.27. The molecule has 1 atom stereocenters. The minimum Gasteiger partial charge on any atom is -0.492 e. The Morgan fingerprint density at radius 2 is 1.70 bits per heavy atom. The second-order valence-corrected chi connectivity index (χ2v) is 11.3. The maximum atomic E-state index is 12.1. The zero-order valence-electron chi connectivity index (χ0n) is 21.1. The maximum absolute atomic E-state index is 12.1. The first-order valence-corrected chi connectivity index (χ1v) is 14.0. The van der Waals surface area contributed by atoms with Crippen LogP contribution in [-0.4, -0.2) is 56.5 Å². The molecule has 2 heterocycles. The number of nitrogens with zero attached hydrogens (tertiary/aromatic N) is 2. The molecule has 1 aromatic heterocycles. The van der Waals surface area contributed by atoms with E-state index in [0.29, 0.717) is 24.1 Å². The fraction of sp³-hybridized carbons (Fsp3) is 0.407. The van der Waals surface area contributed by atoms with Gasteiger partial charge in [0.25, 0.3) is 10.1 Å². The smallest absolute Gasteiger partial charge is 0.333 e. The highest BCUT2D eigenvalue weighted by molar-refractivity contribution is 7.85. The first-order chi connectivity index (χ1) is 17.5. The molecule has 1 aliphatic heterocycles. The van der Waals surface area contributed by atoms with Crippen molar-refractivity contribution in [3.8, 4) is 11.8 Å². The summed E-state index contributed by atoms with van der Waals surface area (Å²) in [6, 6.07) is 14.9. The minimum atomic E-state index is -4.03. The summed E-state index contributed by atoms with van der Waals surface area (Å²) < 4.78 is 34.6. The third-order valence-electron chi connectivity index (χ3n) is 7.29. The number of hydrogen-bond donors (Lipinski definition) is 3. The van der Waals surface area contributed by atoms with Crippen LogP contribution in [0.15, 0.2) is 48.5 Å². The van der Waals surface area contributed by atoms with Crippen molar-refractivity contribution in [2.75, 3.05) is 12.3 Å². The van der Waals surface area contributed by atoms with Crippen LogP contribution in [0.3, 0.4) is 0 Å². The first kappa shape index (κ1) is 26.7. The molecule has 3 N–H and O–H groups in total. The van der Waals surface area contributed by atoms with E-state index in [-0.39, 0.29) is 29.3 Å². The van der Waals surface area contributed by atoms with Gasteiger partial charge < -0.3 is 15.1 Å². The summed E-state index contributed by atoms with van der Waals surface area (Å²) in [5, 5.41) is 21.5. The predicted molar refractivity (Wildman–Crippen MR) is 140 cm³/mol. The van der Waals surface area contributed by atoms with Crippen molar-refractivity contribution >= 4 is 38.3 Å². The number of carbonyl (C=O) groups is 1. The maximum Gasteiger partial charge on any atom is 0.333 e. The Bertz CT molecular complexity index is 1440. The average molecular weight is 530 g/mol. The fourth-order valence-electron chi connectivity index (χ4n) is 5.29. The normalized spacial score (nSPS) is 17.4. The van der Waals surface area contributed by atoms with Gasteiger partial charge in [0.15, 0.2) is 5.71 Å². The van der Waals surface area contributed by atoms with Gasteiger partial charge in [0, 0.05) is 43.5 Å². The molecular weight excluding hydrogens is 496 g/mol. The molecule has 2 aromatic carbocycles. The van der Waals surface area contributed by atoms with Crippen molar-refractivity contribution < 1.29 is 37.4 Å². The Labute approximate surface area is 216 Å². The summed E-state index contributed by atoms with van der Waals surface area (Å²) in [4.78, 5) is 17.1. The van der Waals surface area contributed by atoms with Gasteiger partial charge in [0.05, 0.1) is 11.2 Å². The molecule has 9 nitrogen and oxygen atoms in total. The van der Waals surface area contributed by atoms with Crippen LogP contribution in [0, 0.1) is 0 Å². The number of benzene rings is 2. The van der Waals surface area contributed by atoms with Crippen LogP contribution in [-0.2, 0) is 20.3 Å². The molecule has 4 rings (SSSR count). The van der Waals surface area contributed by atoms with E-state index in [0.717, 1.165) is 41.4 Å². The van der Waals surface area contributed by atoms with Crippen LogP contribution in [0.5, 0.6) is 11.8 Å². The lowest BCUT2D eigenvalue weighted by atomic mass is 9.74. The third kappa shape index (κ3) is 5.65. The molecule has 0 saturated carbocycles. The highest BCUT2D eigenvalue weighted by atomic mass is 32.2. The van der Waals surface area contributed by atoms with E-state index >= 15 is 0 Å². The Hall–Kier alpha value is -3.37. The van der Waals surface area contributed by atoms with Crippen LogP contribution in [0.1, 0.15) is 57.9 Å². The predicted octanol–water partition coefficient (Wildman–Crippen LogP) is 4.31. The number of fused-ring (bicyclic) bond motifs is 3. The van der Waals surface area contributed by atoms with Crippen LogP contribution < -0.4 is 4.84 Å². The molecule has 1 aliphatic rings. The van der Waals surface area contributed by atoms with Gasteiger partial charge in [-0.05, 0) is 36.6 Å². The van der Waals surface area contributed by atoms with Crippen LogP contribution in [0.4, 0.5) is 5.69 Å². The van der Waals surface area contributed by atoms with E-state index in [1.54, 1.807) is 0 Å². The molecule has 0 aliphatic carbocycles. The molecular formula is C27H33N2O7S+. The number of unbranched alkanes of at least 4 members (excludes halogenated alkanes) is 2. The summed E-state index contributed by atoms with van der Waals surface area (Å²) in [6.07, 6.45) is 3.53. The molecule has 198 valence electrons. The van der Waals surface area contributed by atoms with Gasteiger partial charge in [0.1, 0.15) is 6.54 Å². The summed E-state index contributed by atoms with van der Waals surface area (Å²) in [5.41, 5.74) is 3.13. The highest BCUT2D eigenvalue weighted by Gasteiger charge is 2.47. The molecule has 0 bridgehead atoms. The van der Waals surface area contributed by atoms with Crippen molar-refractivity contribution in [3.63, 3.8) is 0 Å². The number of aromatic nitrogens is 1. The summed E-state index contributed by atoms with van der Waals surface area (Å²) in [6.45, 7) is 4.77. The number of rotatable bonds is 11. The summed E-state index contributed by atoms with van der Waals surface area (Å²) >= 11 is 0. The zero-order chi connectivity index (χ0) is 26.8. The van der Waals surface area contributed by atoms with Crippen LogP contribution in [0.25, 0.3) is 10.8 Å². The van der Waals surface area contributed by atoms with Gasteiger partial charge in [0.2, 0.25) is 17.4 Å². The number of carbonyl (C=O) groups excluding carboxylic acids is 1. The molecule has 3 aromatic rings. The van der Waals surface area contributed by atoms with E-state index in [1.807, 2.05) is 12.1 Å². The van der Waals surface area contributed by atoms with Crippen molar-refractivity contribution in [3.05, 3.63) is 54.1 Å². The van der Waals surface area contributed by atoms with Crippen molar-refractivity contribution in [2.45, 2.75) is 57.8 Å². The van der Waals surface area contributed by atoms with E-state index in [1.165, 1.54) is 17.7 Å². The topological polar surface area (TPSA) is 129 Å². The van der Waals surface area contributed by atoms with Crippen molar-refractivity contribution in [1.29, 1.82) is 0 Å². The van der Waals surface area contributed by atoms with Crippen molar-refractivity contribution in [2.24, 2.45) is 0 Å². The monoisotopic (exact) mass is 529 g/mol. The van der Waals surface area contributed by atoms with E-state index in [4.69, 9.17) is 4.84 Å². The largest absolute Gasteiger partial charge is 0.492 e. The lowest BCUT2D eigenvalue weighted by Gasteiger charge is -2.23. The molecule has 37 heavy (non-hydrogen) atoms. The lowest BCUT2D eigenvalue weighted by molar-refractivity contribution is -0.438. The number of hydrogen-bond acceptors (Lipinski definition) is 6.